The Morgan fingerprint density at radius 3 is 2.50 bits per heavy atom. The van der Waals surface area contributed by atoms with Gasteiger partial charge < -0.3 is 15.1 Å². The number of rotatable bonds is 4. The molecule has 0 aliphatic heterocycles. The van der Waals surface area contributed by atoms with Crippen LogP contribution in [-0.2, 0) is 0 Å². The van der Waals surface area contributed by atoms with E-state index in [0.717, 1.165) is 12.1 Å². The summed E-state index contributed by atoms with van der Waals surface area (Å²) >= 11 is 0. The van der Waals surface area contributed by atoms with Crippen molar-refractivity contribution in [2.24, 2.45) is 0 Å². The Hall–Kier alpha value is -3.36. The molecule has 1 heterocycles. The predicted molar refractivity (Wildman–Crippen MR) is 78.3 cm³/mol. The summed E-state index contributed by atoms with van der Waals surface area (Å²) in [5.74, 6) is -3.92. The van der Waals surface area contributed by atoms with Crippen LogP contribution < -0.4 is 10.6 Å². The van der Waals surface area contributed by atoms with E-state index < -0.39 is 29.2 Å². The molecule has 24 heavy (non-hydrogen) atoms. The first-order valence-corrected chi connectivity index (χ1v) is 6.64. The number of amides is 1. The van der Waals surface area contributed by atoms with Crippen molar-refractivity contribution < 1.29 is 22.4 Å². The lowest BCUT2D eigenvalue weighted by Crippen LogP contribution is -2.13. The summed E-state index contributed by atoms with van der Waals surface area (Å²) in [5, 5.41) is 11.8. The molecule has 2 aromatic carbocycles. The van der Waals surface area contributed by atoms with Gasteiger partial charge in [0.25, 0.3) is 0 Å². The van der Waals surface area contributed by atoms with Crippen molar-refractivity contribution in [1.82, 2.24) is 10.2 Å². The van der Waals surface area contributed by atoms with Crippen molar-refractivity contribution in [2.45, 2.75) is 0 Å². The Labute approximate surface area is 133 Å². The molecule has 0 spiro atoms. The molecule has 0 fully saturated rings. The van der Waals surface area contributed by atoms with Crippen LogP contribution in [0.5, 0.6) is 0 Å². The molecule has 0 saturated carbocycles. The topological polar surface area (TPSA) is 80.0 Å². The number of benzene rings is 2. The number of nitrogens with zero attached hydrogens (tertiary/aromatic N) is 2. The van der Waals surface area contributed by atoms with E-state index in [4.69, 9.17) is 4.42 Å². The number of anilines is 3. The Morgan fingerprint density at radius 2 is 1.75 bits per heavy atom. The van der Waals surface area contributed by atoms with Gasteiger partial charge in [-0.15, -0.1) is 5.10 Å². The number of hydrogen-bond acceptors (Lipinski definition) is 5. The van der Waals surface area contributed by atoms with Crippen LogP contribution >= 0.6 is 0 Å². The normalized spacial score (nSPS) is 10.5. The summed E-state index contributed by atoms with van der Waals surface area (Å²) in [6.07, 6.45) is 0. The lowest BCUT2D eigenvalue weighted by molar-refractivity contribution is 0.0990. The Morgan fingerprint density at radius 1 is 0.958 bits per heavy atom. The summed E-state index contributed by atoms with van der Waals surface area (Å²) in [7, 11) is 0. The van der Waals surface area contributed by atoms with Crippen molar-refractivity contribution in [3.05, 3.63) is 65.8 Å². The van der Waals surface area contributed by atoms with E-state index in [2.05, 4.69) is 20.8 Å². The molecule has 6 nitrogen and oxygen atoms in total. The quantitative estimate of drug-likeness (QED) is 0.763. The van der Waals surface area contributed by atoms with E-state index in [1.807, 2.05) is 0 Å². The predicted octanol–water partition coefficient (Wildman–Crippen LogP) is 3.48. The van der Waals surface area contributed by atoms with Crippen LogP contribution in [-0.4, -0.2) is 16.1 Å². The fourth-order valence-corrected chi connectivity index (χ4v) is 1.80. The molecule has 3 aromatic rings. The fourth-order valence-electron chi connectivity index (χ4n) is 1.80. The van der Waals surface area contributed by atoms with Crippen molar-refractivity contribution >= 4 is 23.3 Å². The van der Waals surface area contributed by atoms with Crippen LogP contribution in [0.2, 0.25) is 0 Å². The number of aromatic nitrogens is 2. The van der Waals surface area contributed by atoms with Gasteiger partial charge in [-0.1, -0.05) is 17.2 Å². The molecule has 122 valence electrons. The highest BCUT2D eigenvalue weighted by Crippen LogP contribution is 2.19. The molecule has 0 saturated heterocycles. The number of carbonyl (C=O) groups excluding carboxylic acids is 1. The zero-order valence-electron chi connectivity index (χ0n) is 11.9. The molecule has 1 aromatic heterocycles. The maximum atomic E-state index is 13.5. The van der Waals surface area contributed by atoms with E-state index in [-0.39, 0.29) is 17.4 Å². The zero-order valence-corrected chi connectivity index (χ0v) is 11.9. The van der Waals surface area contributed by atoms with Gasteiger partial charge in [0, 0.05) is 11.8 Å². The van der Waals surface area contributed by atoms with E-state index in [9.17, 15) is 18.0 Å². The third-order valence-corrected chi connectivity index (χ3v) is 2.91. The molecular formula is C15H9F3N4O2. The van der Waals surface area contributed by atoms with Crippen LogP contribution in [0.1, 0.15) is 10.7 Å². The molecule has 0 bridgehead atoms. The first-order valence-electron chi connectivity index (χ1n) is 6.64. The number of para-hydroxylation sites is 1. The van der Waals surface area contributed by atoms with Crippen molar-refractivity contribution in [3.8, 4) is 0 Å². The summed E-state index contributed by atoms with van der Waals surface area (Å²) in [6.45, 7) is 0. The van der Waals surface area contributed by atoms with Gasteiger partial charge in [0.15, 0.2) is 11.6 Å². The minimum absolute atomic E-state index is 0.0455. The average molecular weight is 334 g/mol. The molecule has 2 N–H and O–H groups in total. The van der Waals surface area contributed by atoms with E-state index in [1.54, 1.807) is 6.07 Å². The van der Waals surface area contributed by atoms with Crippen LogP contribution in [0.4, 0.5) is 30.6 Å². The Balaban J connectivity index is 1.72. The van der Waals surface area contributed by atoms with Crippen LogP contribution in [0.3, 0.4) is 0 Å². The third-order valence-electron chi connectivity index (χ3n) is 2.91. The smallest absolute Gasteiger partial charge is 0.320 e. The monoisotopic (exact) mass is 334 g/mol. The molecule has 0 atom stereocenters. The number of carbonyl (C=O) groups is 1. The van der Waals surface area contributed by atoms with Gasteiger partial charge in [-0.25, -0.2) is 13.2 Å². The minimum Gasteiger partial charge on any atom is -0.399 e. The highest BCUT2D eigenvalue weighted by atomic mass is 19.2. The second-order valence-electron chi connectivity index (χ2n) is 4.60. The number of hydrogen-bond donors (Lipinski definition) is 2. The third kappa shape index (κ3) is 3.35. The molecule has 9 heteroatoms. The van der Waals surface area contributed by atoms with Crippen molar-refractivity contribution in [3.63, 3.8) is 0 Å². The highest BCUT2D eigenvalue weighted by molar-refractivity contribution is 6.00. The standard InChI is InChI=1S/C15H9F3N4O2/c16-9-6-5-8(7-11(9)18)19-15-22-21-14(24-15)13(23)20-12-4-2-1-3-10(12)17/h1-7H,(H,19,22)(H,20,23). The van der Waals surface area contributed by atoms with Crippen LogP contribution in [0.15, 0.2) is 46.9 Å². The largest absolute Gasteiger partial charge is 0.399 e. The molecule has 3 rings (SSSR count). The molecule has 0 unspecified atom stereocenters. The zero-order chi connectivity index (χ0) is 17.1. The van der Waals surface area contributed by atoms with Gasteiger partial charge >= 0.3 is 17.8 Å². The van der Waals surface area contributed by atoms with Gasteiger partial charge in [-0.2, -0.15) is 0 Å². The first kappa shape index (κ1) is 15.5. The summed E-state index contributed by atoms with van der Waals surface area (Å²) in [5.41, 5.74) is 0.106. The van der Waals surface area contributed by atoms with Crippen LogP contribution in [0.25, 0.3) is 0 Å². The van der Waals surface area contributed by atoms with Gasteiger partial charge in [0.2, 0.25) is 0 Å². The molecule has 0 radical (unpaired) electrons. The van der Waals surface area contributed by atoms with Crippen molar-refractivity contribution in [1.29, 1.82) is 0 Å². The fraction of sp³-hybridized carbons (Fsp3) is 0. The van der Waals surface area contributed by atoms with Gasteiger partial charge in [-0.3, -0.25) is 4.79 Å². The number of nitrogens with one attached hydrogen (secondary N) is 2. The molecule has 1 amide bonds. The lowest BCUT2D eigenvalue weighted by atomic mass is 10.3. The van der Waals surface area contributed by atoms with Crippen LogP contribution in [0, 0.1) is 17.5 Å². The second kappa shape index (κ2) is 6.41. The average Bonchev–Trinajstić information content (AvgIpc) is 3.02. The Kier molecular flexibility index (Phi) is 4.15. The van der Waals surface area contributed by atoms with Gasteiger partial charge in [-0.05, 0) is 24.3 Å². The first-order chi connectivity index (χ1) is 11.5. The molecule has 0 aliphatic carbocycles. The summed E-state index contributed by atoms with van der Waals surface area (Å²) in [6, 6.07) is 8.41. The van der Waals surface area contributed by atoms with Gasteiger partial charge in [0.05, 0.1) is 5.69 Å². The molecular weight excluding hydrogens is 325 g/mol. The summed E-state index contributed by atoms with van der Waals surface area (Å²) < 4.78 is 44.5. The number of halogens is 3. The maximum absolute atomic E-state index is 13.5. The lowest BCUT2D eigenvalue weighted by Gasteiger charge is -2.03. The molecule has 0 aliphatic rings. The summed E-state index contributed by atoms with van der Waals surface area (Å²) in [4.78, 5) is 11.9. The van der Waals surface area contributed by atoms with Crippen molar-refractivity contribution in [2.75, 3.05) is 10.6 Å². The highest BCUT2D eigenvalue weighted by Gasteiger charge is 2.17. The SMILES string of the molecule is O=C(Nc1ccccc1F)c1nnc(Nc2ccc(F)c(F)c2)o1. The minimum atomic E-state index is -1.06. The van der Waals surface area contributed by atoms with E-state index in [1.165, 1.54) is 24.3 Å². The maximum Gasteiger partial charge on any atom is 0.320 e. The second-order valence-corrected chi connectivity index (χ2v) is 4.60. The Bertz CT molecular complexity index is 898. The van der Waals surface area contributed by atoms with E-state index in [0.29, 0.717) is 0 Å². The van der Waals surface area contributed by atoms with E-state index >= 15 is 0 Å². The van der Waals surface area contributed by atoms with Gasteiger partial charge in [0.1, 0.15) is 5.82 Å².